The van der Waals surface area contributed by atoms with E-state index >= 15 is 0 Å². The van der Waals surface area contributed by atoms with Gasteiger partial charge in [0.25, 0.3) is 0 Å². The largest absolute Gasteiger partial charge is 0.0651 e. The predicted molar refractivity (Wildman–Crippen MR) is 82.1 cm³/mol. The molecular formula is C18H29. The minimum atomic E-state index is 1.22. The number of hydrogen-bond acceptors (Lipinski definition) is 0. The molecule has 0 heteroatoms. The van der Waals surface area contributed by atoms with E-state index < -0.39 is 0 Å². The van der Waals surface area contributed by atoms with E-state index in [0.717, 1.165) is 0 Å². The molecule has 0 atom stereocenters. The lowest BCUT2D eigenvalue weighted by Crippen LogP contribution is -2.05. The molecule has 0 aromatic heterocycles. The number of benzene rings is 1. The molecule has 0 unspecified atom stereocenters. The maximum atomic E-state index is 2.45. The van der Waals surface area contributed by atoms with Crippen molar-refractivity contribution in [3.8, 4) is 0 Å². The van der Waals surface area contributed by atoms with Gasteiger partial charge < -0.3 is 0 Å². The molecule has 101 valence electrons. The van der Waals surface area contributed by atoms with Crippen LogP contribution in [0.5, 0.6) is 0 Å². The Hall–Kier alpha value is -0.780. The molecular weight excluding hydrogens is 216 g/mol. The van der Waals surface area contributed by atoms with Crippen molar-refractivity contribution >= 4 is 0 Å². The van der Waals surface area contributed by atoms with E-state index in [9.17, 15) is 0 Å². The molecule has 0 saturated heterocycles. The van der Waals surface area contributed by atoms with E-state index in [1.54, 1.807) is 16.7 Å². The first-order valence-corrected chi connectivity index (χ1v) is 7.59. The summed E-state index contributed by atoms with van der Waals surface area (Å²) in [6.45, 7) is 11.3. The lowest BCUT2D eigenvalue weighted by molar-refractivity contribution is 0.849. The zero-order valence-corrected chi connectivity index (χ0v) is 12.9. The molecule has 0 saturated carbocycles. The van der Waals surface area contributed by atoms with Gasteiger partial charge in [0.2, 0.25) is 0 Å². The fourth-order valence-corrected chi connectivity index (χ4v) is 2.85. The second-order valence-electron chi connectivity index (χ2n) is 5.54. The van der Waals surface area contributed by atoms with Crippen molar-refractivity contribution < 1.29 is 0 Å². The molecule has 0 spiro atoms. The number of hydrogen-bond donors (Lipinski definition) is 0. The third kappa shape index (κ3) is 3.86. The van der Waals surface area contributed by atoms with E-state index in [2.05, 4.69) is 46.8 Å². The number of aryl methyl sites for hydroxylation is 3. The minimum absolute atomic E-state index is 1.22. The van der Waals surface area contributed by atoms with Gasteiger partial charge in [-0.2, -0.15) is 0 Å². The summed E-state index contributed by atoms with van der Waals surface area (Å²) in [6, 6.07) is 4.91. The predicted octanol–water partition coefficient (Wildman–Crippen LogP) is 5.51. The van der Waals surface area contributed by atoms with Gasteiger partial charge in [0.15, 0.2) is 0 Å². The summed E-state index contributed by atoms with van der Waals surface area (Å²) in [6.07, 6.45) is 7.37. The van der Waals surface area contributed by atoms with Gasteiger partial charge in [0.1, 0.15) is 0 Å². The normalized spacial score (nSPS) is 11.2. The van der Waals surface area contributed by atoms with Crippen LogP contribution in [0.2, 0.25) is 0 Å². The topological polar surface area (TPSA) is 0 Å². The van der Waals surface area contributed by atoms with Crippen molar-refractivity contribution in [1.82, 2.24) is 0 Å². The molecule has 0 aliphatic heterocycles. The van der Waals surface area contributed by atoms with Gasteiger partial charge in [-0.15, -0.1) is 0 Å². The molecule has 1 rings (SSSR count). The Morgan fingerprint density at radius 3 is 1.56 bits per heavy atom. The lowest BCUT2D eigenvalue weighted by atomic mass is 9.86. The maximum Gasteiger partial charge on any atom is -0.000639 e. The zero-order chi connectivity index (χ0) is 13.5. The summed E-state index contributed by atoms with van der Waals surface area (Å²) in [5.41, 5.74) is 6.24. The molecule has 1 radical (unpaired) electrons. The first-order valence-electron chi connectivity index (χ1n) is 7.59. The average molecular weight is 245 g/mol. The quantitative estimate of drug-likeness (QED) is 0.594. The first kappa shape index (κ1) is 15.3. The highest BCUT2D eigenvalue weighted by Crippen LogP contribution is 2.28. The van der Waals surface area contributed by atoms with Crippen LogP contribution in [0.25, 0.3) is 0 Å². The molecule has 0 amide bonds. The Balaban J connectivity index is 3.24. The van der Waals surface area contributed by atoms with Crippen molar-refractivity contribution in [2.24, 2.45) is 0 Å². The molecule has 18 heavy (non-hydrogen) atoms. The van der Waals surface area contributed by atoms with E-state index in [1.165, 1.54) is 50.0 Å². The van der Waals surface area contributed by atoms with Crippen LogP contribution >= 0.6 is 0 Å². The van der Waals surface area contributed by atoms with Crippen LogP contribution in [0.15, 0.2) is 12.1 Å². The van der Waals surface area contributed by atoms with Crippen LogP contribution < -0.4 is 0 Å². The summed E-state index contributed by atoms with van der Waals surface area (Å²) in [4.78, 5) is 0. The Morgan fingerprint density at radius 2 is 1.22 bits per heavy atom. The highest BCUT2D eigenvalue weighted by molar-refractivity contribution is 5.46. The van der Waals surface area contributed by atoms with E-state index in [0.29, 0.717) is 0 Å². The molecule has 0 aliphatic carbocycles. The van der Waals surface area contributed by atoms with Gasteiger partial charge in [0, 0.05) is 0 Å². The SMILES string of the molecule is CCCc1cc(CCC)c([C](C)C)c(CCC)c1. The second-order valence-corrected chi connectivity index (χ2v) is 5.54. The third-order valence-electron chi connectivity index (χ3n) is 3.44. The summed E-state index contributed by atoms with van der Waals surface area (Å²) in [5.74, 6) is 1.48. The molecule has 1 aromatic carbocycles. The van der Waals surface area contributed by atoms with Gasteiger partial charge in [-0.05, 0) is 47.4 Å². The van der Waals surface area contributed by atoms with Gasteiger partial charge in [-0.25, -0.2) is 0 Å². The van der Waals surface area contributed by atoms with Crippen molar-refractivity contribution in [1.29, 1.82) is 0 Å². The lowest BCUT2D eigenvalue weighted by Gasteiger charge is -2.19. The fourth-order valence-electron chi connectivity index (χ4n) is 2.85. The smallest absolute Gasteiger partial charge is 0.000639 e. The summed E-state index contributed by atoms with van der Waals surface area (Å²) in [7, 11) is 0. The molecule has 0 N–H and O–H groups in total. The second kappa shape index (κ2) is 7.61. The number of rotatable bonds is 7. The minimum Gasteiger partial charge on any atom is -0.0651 e. The van der Waals surface area contributed by atoms with Gasteiger partial charge in [0.05, 0.1) is 0 Å². The summed E-state index contributed by atoms with van der Waals surface area (Å²) >= 11 is 0. The summed E-state index contributed by atoms with van der Waals surface area (Å²) < 4.78 is 0. The van der Waals surface area contributed by atoms with Crippen LogP contribution in [0.4, 0.5) is 0 Å². The zero-order valence-electron chi connectivity index (χ0n) is 12.9. The average Bonchev–Trinajstić information content (AvgIpc) is 2.29. The van der Waals surface area contributed by atoms with Gasteiger partial charge >= 0.3 is 0 Å². The van der Waals surface area contributed by atoms with Crippen molar-refractivity contribution in [2.45, 2.75) is 73.1 Å². The van der Waals surface area contributed by atoms with Gasteiger partial charge in [-0.1, -0.05) is 66.0 Å². The van der Waals surface area contributed by atoms with Crippen LogP contribution in [0, 0.1) is 5.92 Å². The highest BCUT2D eigenvalue weighted by Gasteiger charge is 2.13. The van der Waals surface area contributed by atoms with Crippen LogP contribution in [-0.2, 0) is 19.3 Å². The Labute approximate surface area is 114 Å². The van der Waals surface area contributed by atoms with E-state index in [4.69, 9.17) is 0 Å². The monoisotopic (exact) mass is 245 g/mol. The fraction of sp³-hybridized carbons (Fsp3) is 0.611. The maximum absolute atomic E-state index is 2.45. The Kier molecular flexibility index (Phi) is 6.46. The van der Waals surface area contributed by atoms with Crippen molar-refractivity contribution in [3.05, 3.63) is 40.3 Å². The molecule has 0 fully saturated rings. The van der Waals surface area contributed by atoms with Gasteiger partial charge in [-0.3, -0.25) is 0 Å². The molecule has 0 bridgehead atoms. The molecule has 0 nitrogen and oxygen atoms in total. The molecule has 1 aromatic rings. The highest BCUT2D eigenvalue weighted by atomic mass is 14.2. The van der Waals surface area contributed by atoms with E-state index in [1.807, 2.05) is 0 Å². The van der Waals surface area contributed by atoms with Crippen LogP contribution in [-0.4, -0.2) is 0 Å². The van der Waals surface area contributed by atoms with Crippen LogP contribution in [0.3, 0.4) is 0 Å². The third-order valence-corrected chi connectivity index (χ3v) is 3.44. The Bertz CT molecular complexity index is 333. The molecule has 0 aliphatic rings. The van der Waals surface area contributed by atoms with Crippen molar-refractivity contribution in [2.75, 3.05) is 0 Å². The van der Waals surface area contributed by atoms with E-state index in [-0.39, 0.29) is 0 Å². The van der Waals surface area contributed by atoms with Crippen molar-refractivity contribution in [3.63, 3.8) is 0 Å². The standard InChI is InChI=1S/C18H29/c1-6-9-15-12-16(10-7-2)18(14(4)5)17(13-15)11-8-3/h12-13H,6-11H2,1-5H3. The summed E-state index contributed by atoms with van der Waals surface area (Å²) in [5, 5.41) is 0. The van der Waals surface area contributed by atoms with Crippen LogP contribution in [0.1, 0.15) is 76.1 Å². The first-order chi connectivity index (χ1) is 8.63. The Morgan fingerprint density at radius 1 is 0.778 bits per heavy atom. The molecule has 0 heterocycles.